The summed E-state index contributed by atoms with van der Waals surface area (Å²) in [7, 11) is 1.70. The van der Waals surface area contributed by atoms with Gasteiger partial charge < -0.3 is 23.7 Å². The zero-order chi connectivity index (χ0) is 32.3. The zero-order valence-corrected chi connectivity index (χ0v) is 28.5. The molecule has 0 fully saturated rings. The number of carbonyl (C=O) groups excluding carboxylic acids is 1. The van der Waals surface area contributed by atoms with E-state index in [0.717, 1.165) is 60.1 Å². The lowest BCUT2D eigenvalue weighted by Gasteiger charge is -2.33. The van der Waals surface area contributed by atoms with Crippen molar-refractivity contribution in [1.82, 2.24) is 0 Å². The van der Waals surface area contributed by atoms with Gasteiger partial charge >= 0.3 is 5.97 Å². The van der Waals surface area contributed by atoms with Gasteiger partial charge in [0.1, 0.15) is 22.8 Å². The number of ether oxygens (including phenoxy) is 3. The smallest absolute Gasteiger partial charge is 0.309 e. The van der Waals surface area contributed by atoms with Crippen LogP contribution in [0, 0.1) is 22.7 Å². The molecule has 1 N–H and O–H groups in total. The highest BCUT2D eigenvalue weighted by molar-refractivity contribution is 5.85. The van der Waals surface area contributed by atoms with Crippen LogP contribution in [0.4, 0.5) is 0 Å². The monoisotopic (exact) mass is 608 g/mol. The van der Waals surface area contributed by atoms with E-state index < -0.39 is 0 Å². The van der Waals surface area contributed by atoms with E-state index in [2.05, 4.69) is 66.7 Å². The summed E-state index contributed by atoms with van der Waals surface area (Å²) in [6.07, 6.45) is 7.85. The molecule has 2 atom stereocenters. The Morgan fingerprint density at radius 1 is 0.955 bits per heavy atom. The van der Waals surface area contributed by atoms with Crippen molar-refractivity contribution in [3.8, 4) is 22.8 Å². The number of aliphatic hydroxyl groups is 1. The fourth-order valence-corrected chi connectivity index (χ4v) is 5.51. The van der Waals surface area contributed by atoms with E-state index in [1.807, 2.05) is 24.3 Å². The van der Waals surface area contributed by atoms with Crippen LogP contribution in [0.3, 0.4) is 0 Å². The van der Waals surface area contributed by atoms with Gasteiger partial charge in [-0.1, -0.05) is 67.4 Å². The minimum absolute atomic E-state index is 0.00289. The largest absolute Gasteiger partial charge is 0.496 e. The average molecular weight is 609 g/mol. The van der Waals surface area contributed by atoms with Crippen molar-refractivity contribution in [2.45, 2.75) is 99.8 Å². The molecule has 0 saturated carbocycles. The van der Waals surface area contributed by atoms with E-state index in [9.17, 15) is 9.90 Å². The maximum atomic E-state index is 12.8. The number of aryl methyl sites for hydroxylation is 1. The van der Waals surface area contributed by atoms with Gasteiger partial charge in [-0.05, 0) is 85.3 Å². The quantitative estimate of drug-likeness (QED) is 0.121. The van der Waals surface area contributed by atoms with Gasteiger partial charge in [-0.25, -0.2) is 0 Å². The predicted octanol–water partition coefficient (Wildman–Crippen LogP) is 9.64. The van der Waals surface area contributed by atoms with Crippen molar-refractivity contribution >= 4 is 16.9 Å². The molecule has 0 aliphatic carbocycles. The molecule has 1 aromatic heterocycles. The van der Waals surface area contributed by atoms with E-state index in [1.54, 1.807) is 7.11 Å². The highest BCUT2D eigenvalue weighted by Crippen LogP contribution is 2.38. The first-order valence-electron chi connectivity index (χ1n) is 16.5. The summed E-state index contributed by atoms with van der Waals surface area (Å²) in [6, 6.07) is 14.2. The SMILES string of the molecule is CCCCCc1ccc(-c2cc3ccc(OCC(CO)CCCCOC(=O)C(CC(C)(C)C)C(C)(C)C)cc3o2)c(OC)c1. The van der Waals surface area contributed by atoms with Crippen LogP contribution >= 0.6 is 0 Å². The lowest BCUT2D eigenvalue weighted by Crippen LogP contribution is -2.33. The van der Waals surface area contributed by atoms with Crippen LogP contribution in [0.2, 0.25) is 0 Å². The van der Waals surface area contributed by atoms with Crippen molar-refractivity contribution in [3.05, 3.63) is 48.0 Å². The number of benzene rings is 2. The van der Waals surface area contributed by atoms with Crippen LogP contribution in [0.15, 0.2) is 46.9 Å². The van der Waals surface area contributed by atoms with Gasteiger partial charge in [0, 0.05) is 24.0 Å². The van der Waals surface area contributed by atoms with Crippen LogP contribution in [0.1, 0.15) is 99.0 Å². The van der Waals surface area contributed by atoms with Gasteiger partial charge in [0.05, 0.1) is 31.8 Å². The molecule has 0 aliphatic heterocycles. The number of methoxy groups -OCH3 is 1. The molecule has 2 unspecified atom stereocenters. The average Bonchev–Trinajstić information content (AvgIpc) is 3.39. The lowest BCUT2D eigenvalue weighted by atomic mass is 9.72. The molecule has 244 valence electrons. The maximum Gasteiger partial charge on any atom is 0.309 e. The van der Waals surface area contributed by atoms with E-state index in [1.165, 1.54) is 24.8 Å². The first-order chi connectivity index (χ1) is 20.8. The second kappa shape index (κ2) is 16.4. The molecule has 1 heterocycles. The van der Waals surface area contributed by atoms with Crippen LogP contribution < -0.4 is 9.47 Å². The van der Waals surface area contributed by atoms with Gasteiger partial charge in [-0.15, -0.1) is 0 Å². The molecule has 0 radical (unpaired) electrons. The molecule has 3 aromatic rings. The molecule has 2 aromatic carbocycles. The van der Waals surface area contributed by atoms with E-state index >= 15 is 0 Å². The summed E-state index contributed by atoms with van der Waals surface area (Å²) in [4.78, 5) is 12.8. The van der Waals surface area contributed by atoms with Crippen LogP contribution in [0.25, 0.3) is 22.3 Å². The number of carbonyl (C=O) groups is 1. The Morgan fingerprint density at radius 2 is 1.73 bits per heavy atom. The molecule has 0 amide bonds. The van der Waals surface area contributed by atoms with Gasteiger partial charge in [0.15, 0.2) is 0 Å². The number of rotatable bonds is 17. The number of fused-ring (bicyclic) bond motifs is 1. The number of unbranched alkanes of at least 4 members (excludes halogenated alkanes) is 3. The lowest BCUT2D eigenvalue weighted by molar-refractivity contribution is -0.154. The summed E-state index contributed by atoms with van der Waals surface area (Å²) < 4.78 is 23.7. The van der Waals surface area contributed by atoms with Crippen LogP contribution in [0.5, 0.6) is 11.5 Å². The second-order valence-corrected chi connectivity index (χ2v) is 14.5. The molecule has 0 bridgehead atoms. The summed E-state index contributed by atoms with van der Waals surface area (Å²) in [5.41, 5.74) is 2.86. The molecule has 6 heteroatoms. The molecule has 0 spiro atoms. The first kappa shape index (κ1) is 35.5. The van der Waals surface area contributed by atoms with Crippen molar-refractivity contribution in [2.75, 3.05) is 26.9 Å². The fraction of sp³-hybridized carbons (Fsp3) is 0.605. The predicted molar refractivity (Wildman–Crippen MR) is 179 cm³/mol. The number of esters is 1. The standard InChI is InChI=1S/C38H56O6/c1-9-10-11-14-27-16-19-31(34(21-27)41-8)35-22-29-17-18-30(23-33(29)44-35)43-26-28(25-39)15-12-13-20-42-36(40)32(38(5,6)7)24-37(2,3)4/h16-19,21-23,28,32,39H,9-15,20,24-26H2,1-8H3. The molecule has 44 heavy (non-hydrogen) atoms. The Kier molecular flexibility index (Phi) is 13.2. The molecular formula is C38H56O6. The highest BCUT2D eigenvalue weighted by atomic mass is 16.5. The van der Waals surface area contributed by atoms with Gasteiger partial charge in [0.25, 0.3) is 0 Å². The third-order valence-corrected chi connectivity index (χ3v) is 8.23. The number of hydrogen-bond acceptors (Lipinski definition) is 6. The second-order valence-electron chi connectivity index (χ2n) is 14.5. The third kappa shape index (κ3) is 10.9. The molecular weight excluding hydrogens is 552 g/mol. The highest BCUT2D eigenvalue weighted by Gasteiger charge is 2.35. The van der Waals surface area contributed by atoms with E-state index in [4.69, 9.17) is 18.6 Å². The Bertz CT molecular complexity index is 1310. The van der Waals surface area contributed by atoms with Crippen molar-refractivity contribution in [1.29, 1.82) is 0 Å². The van der Waals surface area contributed by atoms with Gasteiger partial charge in [0.2, 0.25) is 0 Å². The minimum atomic E-state index is -0.143. The van der Waals surface area contributed by atoms with E-state index in [0.29, 0.717) is 19.0 Å². The topological polar surface area (TPSA) is 78.1 Å². The summed E-state index contributed by atoms with van der Waals surface area (Å²) in [5, 5.41) is 10.9. The van der Waals surface area contributed by atoms with Gasteiger partial charge in [-0.3, -0.25) is 4.79 Å². The molecule has 6 nitrogen and oxygen atoms in total. The Morgan fingerprint density at radius 3 is 2.39 bits per heavy atom. The van der Waals surface area contributed by atoms with Crippen molar-refractivity contribution in [3.63, 3.8) is 0 Å². The minimum Gasteiger partial charge on any atom is -0.496 e. The number of hydrogen-bond donors (Lipinski definition) is 1. The Labute approximate surface area is 265 Å². The zero-order valence-electron chi connectivity index (χ0n) is 28.5. The summed E-state index contributed by atoms with van der Waals surface area (Å²) in [6.45, 7) is 15.8. The van der Waals surface area contributed by atoms with Gasteiger partial charge in [-0.2, -0.15) is 0 Å². The number of furan rings is 1. The normalized spacial score (nSPS) is 13.6. The van der Waals surface area contributed by atoms with Crippen molar-refractivity contribution < 1.29 is 28.5 Å². The Balaban J connectivity index is 1.51. The van der Waals surface area contributed by atoms with E-state index in [-0.39, 0.29) is 35.2 Å². The Hall–Kier alpha value is -2.99. The number of aliphatic hydroxyl groups excluding tert-OH is 1. The molecule has 0 aliphatic rings. The summed E-state index contributed by atoms with van der Waals surface area (Å²) >= 11 is 0. The molecule has 3 rings (SSSR count). The van der Waals surface area contributed by atoms with Crippen LogP contribution in [-0.2, 0) is 16.0 Å². The molecule has 0 saturated heterocycles. The van der Waals surface area contributed by atoms with Crippen molar-refractivity contribution in [2.24, 2.45) is 22.7 Å². The fourth-order valence-electron chi connectivity index (χ4n) is 5.51. The first-order valence-corrected chi connectivity index (χ1v) is 16.5. The summed E-state index contributed by atoms with van der Waals surface area (Å²) in [5.74, 6) is 2.03. The maximum absolute atomic E-state index is 12.8. The third-order valence-electron chi connectivity index (χ3n) is 8.23. The van der Waals surface area contributed by atoms with Crippen LogP contribution in [-0.4, -0.2) is 38.0 Å².